The molecule has 0 aliphatic carbocycles. The molecule has 4 rings (SSSR count). The Morgan fingerprint density at radius 2 is 1.93 bits per heavy atom. The molecule has 2 aromatic carbocycles. The van der Waals surface area contributed by atoms with Crippen molar-refractivity contribution in [3.8, 4) is 17.1 Å². The summed E-state index contributed by atoms with van der Waals surface area (Å²) in [7, 11) is -2.45. The van der Waals surface area contributed by atoms with E-state index in [2.05, 4.69) is 24.9 Å². The largest absolute Gasteiger partial charge is 0.497 e. The van der Waals surface area contributed by atoms with E-state index < -0.39 is 10.0 Å². The van der Waals surface area contributed by atoms with Crippen LogP contribution in [0, 0.1) is 0 Å². The molecule has 9 nitrogen and oxygen atoms in total. The van der Waals surface area contributed by atoms with Crippen LogP contribution in [0.15, 0.2) is 53.6 Å². The summed E-state index contributed by atoms with van der Waals surface area (Å²) in [6, 6.07) is 11.0. The Kier molecular flexibility index (Phi) is 4.73. The van der Waals surface area contributed by atoms with Gasteiger partial charge >= 0.3 is 0 Å². The number of sulfonamides is 1. The van der Waals surface area contributed by atoms with Crippen molar-refractivity contribution in [2.24, 2.45) is 0 Å². The molecule has 11 heteroatoms. The lowest BCUT2D eigenvalue weighted by molar-refractivity contribution is 0.413. The summed E-state index contributed by atoms with van der Waals surface area (Å²) in [5.74, 6) is 1.22. The molecule has 0 unspecified atom stereocenters. The first-order valence-corrected chi connectivity index (χ1v) is 10.2. The first-order chi connectivity index (χ1) is 13.9. The molecular weight excluding hydrogens is 416 g/mol. The number of H-pyrrole nitrogens is 1. The number of hydrogen-bond donors (Lipinski definition) is 3. The third-order valence-corrected chi connectivity index (χ3v) is 6.03. The zero-order valence-corrected chi connectivity index (χ0v) is 16.6. The van der Waals surface area contributed by atoms with Gasteiger partial charge in [0, 0.05) is 23.5 Å². The fourth-order valence-corrected chi connectivity index (χ4v) is 4.25. The molecule has 148 valence electrons. The molecule has 0 aliphatic heterocycles. The van der Waals surface area contributed by atoms with Gasteiger partial charge in [0.1, 0.15) is 16.5 Å². The molecule has 2 heterocycles. The van der Waals surface area contributed by atoms with Crippen molar-refractivity contribution in [1.82, 2.24) is 20.2 Å². The quantitative estimate of drug-likeness (QED) is 0.442. The number of aromatic nitrogens is 4. The summed E-state index contributed by atoms with van der Waals surface area (Å²) in [4.78, 5) is 8.54. The predicted octanol–water partition coefficient (Wildman–Crippen LogP) is 3.06. The van der Waals surface area contributed by atoms with Crippen molar-refractivity contribution in [3.05, 3.63) is 53.7 Å². The topological polar surface area (TPSA) is 136 Å². The molecule has 0 amide bonds. The highest BCUT2D eigenvalue weighted by atomic mass is 35.5. The molecule has 0 saturated heterocycles. The average molecular weight is 431 g/mol. The maximum Gasteiger partial charge on any atom is 0.263 e. The maximum atomic E-state index is 12.7. The van der Waals surface area contributed by atoms with Crippen molar-refractivity contribution in [1.29, 1.82) is 0 Å². The van der Waals surface area contributed by atoms with Gasteiger partial charge in [-0.2, -0.15) is 5.10 Å². The number of nitrogens with zero attached hydrogens (tertiary/aromatic N) is 3. The minimum atomic E-state index is -3.90. The Morgan fingerprint density at radius 3 is 2.66 bits per heavy atom. The number of nitrogens with two attached hydrogens (primary N) is 1. The minimum Gasteiger partial charge on any atom is -0.497 e. The van der Waals surface area contributed by atoms with Gasteiger partial charge in [-0.05, 0) is 36.4 Å². The Morgan fingerprint density at radius 1 is 1.17 bits per heavy atom. The molecule has 4 N–H and O–H groups in total. The van der Waals surface area contributed by atoms with Gasteiger partial charge in [-0.25, -0.2) is 18.4 Å². The fraction of sp³-hybridized carbons (Fsp3) is 0.0556. The highest BCUT2D eigenvalue weighted by molar-refractivity contribution is 7.92. The second kappa shape index (κ2) is 7.22. The van der Waals surface area contributed by atoms with E-state index in [4.69, 9.17) is 22.1 Å². The summed E-state index contributed by atoms with van der Waals surface area (Å²) >= 11 is 6.05. The van der Waals surface area contributed by atoms with Gasteiger partial charge in [0.15, 0.2) is 11.5 Å². The first kappa shape index (κ1) is 19.0. The Labute approximate surface area is 170 Å². The zero-order chi connectivity index (χ0) is 20.6. The number of nitrogens with one attached hydrogen (secondary N) is 2. The molecule has 29 heavy (non-hydrogen) atoms. The smallest absolute Gasteiger partial charge is 0.263 e. The number of aromatic amines is 1. The maximum absolute atomic E-state index is 12.7. The average Bonchev–Trinajstić information content (AvgIpc) is 3.09. The number of halogens is 1. The summed E-state index contributed by atoms with van der Waals surface area (Å²) in [5.41, 5.74) is 7.24. The van der Waals surface area contributed by atoms with Crippen LogP contribution >= 0.6 is 11.6 Å². The lowest BCUT2D eigenvalue weighted by Crippen LogP contribution is -2.13. The summed E-state index contributed by atoms with van der Waals surface area (Å²) < 4.78 is 33.0. The van der Waals surface area contributed by atoms with E-state index in [0.29, 0.717) is 39.7 Å². The van der Waals surface area contributed by atoms with Crippen molar-refractivity contribution in [2.45, 2.75) is 4.90 Å². The molecule has 0 fully saturated rings. The Balaban J connectivity index is 1.60. The standard InChI is InChI=1S/C18H15ClN6O3S/c1-28-12-6-7-14(19)15(8-12)29(26,27)25-11-4-2-10(3-5-11)17-21-9-13-16(20)23-24-18(13)22-17/h2-9,25H,1H3,(H3,20,21,22,23,24). The van der Waals surface area contributed by atoms with E-state index in [-0.39, 0.29) is 9.92 Å². The Bertz CT molecular complexity index is 1310. The van der Waals surface area contributed by atoms with Crippen LogP contribution in [0.1, 0.15) is 0 Å². The highest BCUT2D eigenvalue weighted by Crippen LogP contribution is 2.28. The molecule has 0 aliphatic rings. The normalized spacial score (nSPS) is 11.5. The van der Waals surface area contributed by atoms with E-state index in [0.717, 1.165) is 0 Å². The van der Waals surface area contributed by atoms with Crippen LogP contribution in [0.25, 0.3) is 22.4 Å². The second-order valence-corrected chi connectivity index (χ2v) is 8.11. The van der Waals surface area contributed by atoms with Crippen molar-refractivity contribution in [2.75, 3.05) is 17.6 Å². The number of nitrogen functional groups attached to an aromatic ring is 1. The van der Waals surface area contributed by atoms with Crippen LogP contribution in [0.2, 0.25) is 5.02 Å². The summed E-state index contributed by atoms with van der Waals surface area (Å²) in [5, 5.41) is 7.38. The molecular formula is C18H15ClN6O3S. The summed E-state index contributed by atoms with van der Waals surface area (Å²) in [6.45, 7) is 0. The number of fused-ring (bicyclic) bond motifs is 1. The van der Waals surface area contributed by atoms with E-state index >= 15 is 0 Å². The van der Waals surface area contributed by atoms with E-state index in [1.54, 1.807) is 36.5 Å². The van der Waals surface area contributed by atoms with Crippen LogP contribution in [-0.4, -0.2) is 35.7 Å². The molecule has 0 spiro atoms. The molecule has 0 bridgehead atoms. The molecule has 0 atom stereocenters. The van der Waals surface area contributed by atoms with Gasteiger partial charge in [-0.1, -0.05) is 11.6 Å². The van der Waals surface area contributed by atoms with Gasteiger partial charge in [0.25, 0.3) is 10.0 Å². The van der Waals surface area contributed by atoms with Crippen LogP contribution in [0.3, 0.4) is 0 Å². The van der Waals surface area contributed by atoms with E-state index in [1.165, 1.54) is 19.2 Å². The van der Waals surface area contributed by atoms with Crippen molar-refractivity contribution >= 4 is 44.2 Å². The van der Waals surface area contributed by atoms with Gasteiger partial charge in [-0.3, -0.25) is 9.82 Å². The van der Waals surface area contributed by atoms with Crippen LogP contribution in [0.5, 0.6) is 5.75 Å². The lowest BCUT2D eigenvalue weighted by Gasteiger charge is -2.11. The predicted molar refractivity (Wildman–Crippen MR) is 110 cm³/mol. The number of ether oxygens (including phenoxy) is 1. The van der Waals surface area contributed by atoms with Gasteiger partial charge in [-0.15, -0.1) is 0 Å². The SMILES string of the molecule is COc1ccc(Cl)c(S(=O)(=O)Nc2ccc(-c3ncc4c(N)[nH]nc4n3)cc2)c1. The van der Waals surface area contributed by atoms with E-state index in [1.807, 2.05) is 0 Å². The number of methoxy groups -OCH3 is 1. The van der Waals surface area contributed by atoms with Crippen molar-refractivity contribution < 1.29 is 13.2 Å². The van der Waals surface area contributed by atoms with Crippen LogP contribution in [-0.2, 0) is 10.0 Å². The van der Waals surface area contributed by atoms with Crippen LogP contribution < -0.4 is 15.2 Å². The highest BCUT2D eigenvalue weighted by Gasteiger charge is 2.19. The van der Waals surface area contributed by atoms with Crippen molar-refractivity contribution in [3.63, 3.8) is 0 Å². The molecule has 0 radical (unpaired) electrons. The molecule has 4 aromatic rings. The third-order valence-electron chi connectivity index (χ3n) is 4.16. The van der Waals surface area contributed by atoms with Gasteiger partial charge < -0.3 is 10.5 Å². The number of hydrogen-bond acceptors (Lipinski definition) is 7. The number of benzene rings is 2. The fourth-order valence-electron chi connectivity index (χ4n) is 2.67. The molecule has 0 saturated carbocycles. The molecule has 2 aromatic heterocycles. The monoisotopic (exact) mass is 430 g/mol. The van der Waals surface area contributed by atoms with Gasteiger partial charge in [0.2, 0.25) is 0 Å². The zero-order valence-electron chi connectivity index (χ0n) is 15.0. The minimum absolute atomic E-state index is 0.0764. The second-order valence-electron chi connectivity index (χ2n) is 6.05. The number of rotatable bonds is 5. The van der Waals surface area contributed by atoms with E-state index in [9.17, 15) is 8.42 Å². The van der Waals surface area contributed by atoms with Crippen LogP contribution in [0.4, 0.5) is 11.5 Å². The first-order valence-electron chi connectivity index (χ1n) is 8.31. The number of anilines is 2. The lowest BCUT2D eigenvalue weighted by atomic mass is 10.2. The summed E-state index contributed by atoms with van der Waals surface area (Å²) in [6.07, 6.45) is 1.58. The Hall–Kier alpha value is -3.37. The van der Waals surface area contributed by atoms with Gasteiger partial charge in [0.05, 0.1) is 17.5 Å². The third kappa shape index (κ3) is 3.67.